The minimum absolute atomic E-state index is 0.112. The second kappa shape index (κ2) is 11.3. The minimum atomic E-state index is 0.112. The molecule has 2 saturated heterocycles. The number of benzene rings is 1. The van der Waals surface area contributed by atoms with Gasteiger partial charge in [-0.3, -0.25) is 9.59 Å². The van der Waals surface area contributed by atoms with Crippen LogP contribution in [0.3, 0.4) is 0 Å². The summed E-state index contributed by atoms with van der Waals surface area (Å²) >= 11 is 0. The van der Waals surface area contributed by atoms with Crippen LogP contribution in [0.5, 0.6) is 0 Å². The van der Waals surface area contributed by atoms with Crippen molar-refractivity contribution in [1.82, 2.24) is 15.1 Å². The lowest BCUT2D eigenvalue weighted by Gasteiger charge is -2.32. The third-order valence-corrected chi connectivity index (χ3v) is 6.35. The topological polar surface area (TPSA) is 52.7 Å². The van der Waals surface area contributed by atoms with E-state index in [9.17, 15) is 9.59 Å². The lowest BCUT2D eigenvalue weighted by atomic mass is 9.93. The lowest BCUT2D eigenvalue weighted by molar-refractivity contribution is -0.122. The van der Waals surface area contributed by atoms with Gasteiger partial charge in [-0.05, 0) is 76.7 Å². The normalized spacial score (nSPS) is 19.0. The van der Waals surface area contributed by atoms with Gasteiger partial charge in [0.25, 0.3) is 5.91 Å². The molecular formula is C24H37N3O2. The number of rotatable bonds is 7. The van der Waals surface area contributed by atoms with Crippen molar-refractivity contribution in [2.45, 2.75) is 58.3 Å². The molecule has 160 valence electrons. The molecule has 1 N–H and O–H groups in total. The number of hydrogen-bond donors (Lipinski definition) is 1. The summed E-state index contributed by atoms with van der Waals surface area (Å²) in [6, 6.07) is 7.78. The van der Waals surface area contributed by atoms with Crippen LogP contribution in [0.1, 0.15) is 67.3 Å². The summed E-state index contributed by atoms with van der Waals surface area (Å²) in [4.78, 5) is 29.4. The van der Waals surface area contributed by atoms with Gasteiger partial charge in [0.05, 0.1) is 0 Å². The molecule has 0 spiro atoms. The van der Waals surface area contributed by atoms with Crippen LogP contribution in [0.15, 0.2) is 24.3 Å². The molecule has 3 rings (SSSR count). The van der Waals surface area contributed by atoms with Crippen molar-refractivity contribution in [3.05, 3.63) is 35.4 Å². The highest BCUT2D eigenvalue weighted by Gasteiger charge is 2.25. The monoisotopic (exact) mass is 399 g/mol. The molecule has 2 aliphatic heterocycles. The van der Waals surface area contributed by atoms with Gasteiger partial charge < -0.3 is 15.1 Å². The van der Waals surface area contributed by atoms with Crippen molar-refractivity contribution in [3.63, 3.8) is 0 Å². The van der Waals surface area contributed by atoms with Crippen LogP contribution >= 0.6 is 0 Å². The second-order valence-electron chi connectivity index (χ2n) is 8.77. The van der Waals surface area contributed by atoms with E-state index >= 15 is 0 Å². The largest absolute Gasteiger partial charge is 0.356 e. The van der Waals surface area contributed by atoms with E-state index in [0.29, 0.717) is 12.3 Å². The zero-order chi connectivity index (χ0) is 20.5. The molecule has 0 radical (unpaired) electrons. The van der Waals surface area contributed by atoms with Crippen LogP contribution < -0.4 is 5.32 Å². The number of carbonyl (C=O) groups is 2. The van der Waals surface area contributed by atoms with Crippen LogP contribution in [0.4, 0.5) is 0 Å². The van der Waals surface area contributed by atoms with Crippen molar-refractivity contribution in [2.24, 2.45) is 5.92 Å². The van der Waals surface area contributed by atoms with E-state index in [-0.39, 0.29) is 11.8 Å². The Morgan fingerprint density at radius 2 is 1.62 bits per heavy atom. The number of hydrogen-bond acceptors (Lipinski definition) is 3. The van der Waals surface area contributed by atoms with E-state index < -0.39 is 0 Å². The van der Waals surface area contributed by atoms with Gasteiger partial charge >= 0.3 is 0 Å². The molecule has 2 aliphatic rings. The van der Waals surface area contributed by atoms with E-state index in [1.807, 2.05) is 36.1 Å². The summed E-state index contributed by atoms with van der Waals surface area (Å²) in [7, 11) is 0. The quantitative estimate of drug-likeness (QED) is 0.713. The highest BCUT2D eigenvalue weighted by Crippen LogP contribution is 2.22. The predicted octanol–water partition coefficient (Wildman–Crippen LogP) is 3.62. The number of nitrogens with one attached hydrogen (secondary N) is 1. The average molecular weight is 400 g/mol. The van der Waals surface area contributed by atoms with Gasteiger partial charge in [0.1, 0.15) is 0 Å². The predicted molar refractivity (Wildman–Crippen MR) is 117 cm³/mol. The fourth-order valence-electron chi connectivity index (χ4n) is 4.44. The molecule has 5 nitrogen and oxygen atoms in total. The molecule has 1 aromatic carbocycles. The Morgan fingerprint density at radius 1 is 0.966 bits per heavy atom. The number of likely N-dealkylation sites (tertiary alicyclic amines) is 2. The van der Waals surface area contributed by atoms with Gasteiger partial charge in [-0.25, -0.2) is 0 Å². The van der Waals surface area contributed by atoms with Crippen molar-refractivity contribution in [2.75, 3.05) is 39.3 Å². The molecule has 0 unspecified atom stereocenters. The van der Waals surface area contributed by atoms with E-state index in [0.717, 1.165) is 56.6 Å². The SMILES string of the molecule is Cc1ccc(C(=O)N2CCC(CC(=O)NCCCN3CCCCCC3)CC2)cc1. The molecule has 0 atom stereocenters. The maximum Gasteiger partial charge on any atom is 0.253 e. The van der Waals surface area contributed by atoms with Crippen LogP contribution in [-0.2, 0) is 4.79 Å². The first-order valence-electron chi connectivity index (χ1n) is 11.5. The van der Waals surface area contributed by atoms with Gasteiger partial charge in [-0.1, -0.05) is 30.5 Å². The smallest absolute Gasteiger partial charge is 0.253 e. The van der Waals surface area contributed by atoms with Crippen LogP contribution in [0, 0.1) is 12.8 Å². The molecule has 0 saturated carbocycles. The Bertz CT molecular complexity index is 643. The second-order valence-corrected chi connectivity index (χ2v) is 8.77. The third kappa shape index (κ3) is 7.14. The highest BCUT2D eigenvalue weighted by molar-refractivity contribution is 5.94. The van der Waals surface area contributed by atoms with Crippen LogP contribution in [0.25, 0.3) is 0 Å². The first kappa shape index (κ1) is 21.8. The molecule has 29 heavy (non-hydrogen) atoms. The first-order valence-corrected chi connectivity index (χ1v) is 11.5. The Kier molecular flexibility index (Phi) is 8.53. The Morgan fingerprint density at radius 3 is 2.28 bits per heavy atom. The molecule has 0 bridgehead atoms. The molecule has 5 heteroatoms. The van der Waals surface area contributed by atoms with Gasteiger partial charge in [-0.2, -0.15) is 0 Å². The van der Waals surface area contributed by atoms with Crippen molar-refractivity contribution in [3.8, 4) is 0 Å². The zero-order valence-corrected chi connectivity index (χ0v) is 18.0. The first-order chi connectivity index (χ1) is 14.1. The summed E-state index contributed by atoms with van der Waals surface area (Å²) in [5, 5.41) is 3.10. The standard InChI is InChI=1S/C24H37N3O2/c1-20-7-9-22(10-8-20)24(29)27-17-11-21(12-18-27)19-23(28)25-13-6-16-26-14-4-2-3-5-15-26/h7-10,21H,2-6,11-19H2,1H3,(H,25,28). The van der Waals surface area contributed by atoms with Crippen molar-refractivity contribution in [1.29, 1.82) is 0 Å². The van der Waals surface area contributed by atoms with E-state index in [2.05, 4.69) is 10.2 Å². The number of nitrogens with zero attached hydrogens (tertiary/aromatic N) is 2. The third-order valence-electron chi connectivity index (χ3n) is 6.35. The number of carbonyl (C=O) groups excluding carboxylic acids is 2. The van der Waals surface area contributed by atoms with Gasteiger partial charge in [0.15, 0.2) is 0 Å². The van der Waals surface area contributed by atoms with Gasteiger partial charge in [-0.15, -0.1) is 0 Å². The number of amides is 2. The molecule has 2 heterocycles. The zero-order valence-electron chi connectivity index (χ0n) is 18.0. The van der Waals surface area contributed by atoms with Gasteiger partial charge in [0.2, 0.25) is 5.91 Å². The Balaban J connectivity index is 1.30. The molecule has 0 aromatic heterocycles. The van der Waals surface area contributed by atoms with Crippen LogP contribution in [-0.4, -0.2) is 60.9 Å². The maximum atomic E-state index is 12.6. The van der Waals surface area contributed by atoms with Crippen molar-refractivity contribution < 1.29 is 9.59 Å². The molecule has 2 fully saturated rings. The van der Waals surface area contributed by atoms with Gasteiger partial charge in [0, 0.05) is 31.6 Å². The Labute approximate surface area is 175 Å². The number of piperidine rings is 1. The Hall–Kier alpha value is -1.88. The highest BCUT2D eigenvalue weighted by atomic mass is 16.2. The fourth-order valence-corrected chi connectivity index (χ4v) is 4.44. The molecular weight excluding hydrogens is 362 g/mol. The average Bonchev–Trinajstić information content (AvgIpc) is 3.01. The van der Waals surface area contributed by atoms with Crippen molar-refractivity contribution >= 4 is 11.8 Å². The minimum Gasteiger partial charge on any atom is -0.356 e. The summed E-state index contributed by atoms with van der Waals surface area (Å²) in [6.45, 7) is 7.83. The van der Waals surface area contributed by atoms with E-state index in [1.54, 1.807) is 0 Å². The molecule has 0 aliphatic carbocycles. The van der Waals surface area contributed by atoms with E-state index in [1.165, 1.54) is 38.8 Å². The summed E-state index contributed by atoms with van der Waals surface area (Å²) in [5.74, 6) is 0.674. The fraction of sp³-hybridized carbons (Fsp3) is 0.667. The van der Waals surface area contributed by atoms with E-state index in [4.69, 9.17) is 0 Å². The molecule has 1 aromatic rings. The van der Waals surface area contributed by atoms with Crippen LogP contribution in [0.2, 0.25) is 0 Å². The lowest BCUT2D eigenvalue weighted by Crippen LogP contribution is -2.39. The molecule has 2 amide bonds. The maximum absolute atomic E-state index is 12.6. The summed E-state index contributed by atoms with van der Waals surface area (Å²) < 4.78 is 0. The summed E-state index contributed by atoms with van der Waals surface area (Å²) in [5.41, 5.74) is 1.92. The summed E-state index contributed by atoms with van der Waals surface area (Å²) in [6.07, 6.45) is 8.82. The number of aryl methyl sites for hydroxylation is 1.